The summed E-state index contributed by atoms with van der Waals surface area (Å²) in [7, 11) is -3.28. The standard InChI is InChI=1S/C10H12N2O5S/c13-10-6-18(16,17)5-8(10)11-7-3-1-2-4-9(7)12(14)15/h1-4,8,10-11,13H,5-6H2. The van der Waals surface area contributed by atoms with Crippen LogP contribution < -0.4 is 5.32 Å². The van der Waals surface area contributed by atoms with Crippen LogP contribution in [-0.4, -0.2) is 42.1 Å². The molecule has 7 nitrogen and oxygen atoms in total. The highest BCUT2D eigenvalue weighted by atomic mass is 32.2. The van der Waals surface area contributed by atoms with Crippen LogP contribution in [0, 0.1) is 10.1 Å². The maximum Gasteiger partial charge on any atom is 0.292 e. The molecule has 1 heterocycles. The summed E-state index contributed by atoms with van der Waals surface area (Å²) in [5.41, 5.74) is 0.0673. The Bertz CT molecular complexity index is 571. The van der Waals surface area contributed by atoms with Gasteiger partial charge < -0.3 is 10.4 Å². The summed E-state index contributed by atoms with van der Waals surface area (Å²) in [6, 6.07) is 5.21. The molecule has 0 bridgehead atoms. The van der Waals surface area contributed by atoms with E-state index in [1.54, 1.807) is 6.07 Å². The zero-order chi connectivity index (χ0) is 13.3. The number of aliphatic hydroxyl groups is 1. The van der Waals surface area contributed by atoms with E-state index in [9.17, 15) is 23.6 Å². The van der Waals surface area contributed by atoms with Crippen molar-refractivity contribution in [2.24, 2.45) is 0 Å². The lowest BCUT2D eigenvalue weighted by Gasteiger charge is -2.15. The van der Waals surface area contributed by atoms with Crippen LogP contribution in [0.4, 0.5) is 11.4 Å². The van der Waals surface area contributed by atoms with Gasteiger partial charge in [-0.05, 0) is 6.07 Å². The van der Waals surface area contributed by atoms with E-state index in [2.05, 4.69) is 5.32 Å². The van der Waals surface area contributed by atoms with E-state index >= 15 is 0 Å². The van der Waals surface area contributed by atoms with Crippen LogP contribution in [0.25, 0.3) is 0 Å². The van der Waals surface area contributed by atoms with Crippen LogP contribution in [0.15, 0.2) is 24.3 Å². The molecule has 1 aromatic carbocycles. The lowest BCUT2D eigenvalue weighted by atomic mass is 10.2. The summed E-state index contributed by atoms with van der Waals surface area (Å²) in [4.78, 5) is 10.2. The van der Waals surface area contributed by atoms with Crippen LogP contribution >= 0.6 is 0 Å². The molecule has 2 rings (SSSR count). The second kappa shape index (κ2) is 4.54. The van der Waals surface area contributed by atoms with Gasteiger partial charge in [0.2, 0.25) is 0 Å². The minimum atomic E-state index is -3.28. The van der Waals surface area contributed by atoms with Crippen molar-refractivity contribution in [3.63, 3.8) is 0 Å². The molecule has 0 radical (unpaired) electrons. The Morgan fingerprint density at radius 2 is 2.00 bits per heavy atom. The van der Waals surface area contributed by atoms with E-state index in [0.717, 1.165) is 0 Å². The minimum absolute atomic E-state index is 0.144. The molecule has 0 aliphatic carbocycles. The Kier molecular flexibility index (Phi) is 3.22. The molecule has 2 N–H and O–H groups in total. The molecule has 98 valence electrons. The Labute approximate surface area is 104 Å². The molecule has 0 amide bonds. The fourth-order valence-corrected chi connectivity index (χ4v) is 3.66. The number of anilines is 1. The first kappa shape index (κ1) is 12.8. The molecule has 1 aromatic rings. The third-order valence-corrected chi connectivity index (χ3v) is 4.48. The van der Waals surface area contributed by atoms with Crippen LogP contribution in [0.1, 0.15) is 0 Å². The predicted octanol–water partition coefficient (Wildman–Crippen LogP) is 0.165. The number of para-hydroxylation sites is 2. The first-order valence-electron chi connectivity index (χ1n) is 5.27. The largest absolute Gasteiger partial charge is 0.390 e. The molecule has 18 heavy (non-hydrogen) atoms. The Balaban J connectivity index is 2.23. The van der Waals surface area contributed by atoms with Crippen LogP contribution in [0.3, 0.4) is 0 Å². The number of nitrogens with one attached hydrogen (secondary N) is 1. The highest BCUT2D eigenvalue weighted by Crippen LogP contribution is 2.26. The van der Waals surface area contributed by atoms with Crippen LogP contribution in [0.5, 0.6) is 0 Å². The summed E-state index contributed by atoms with van der Waals surface area (Å²) in [5, 5.41) is 23.1. The number of aliphatic hydroxyl groups excluding tert-OH is 1. The highest BCUT2D eigenvalue weighted by Gasteiger charge is 2.37. The summed E-state index contributed by atoms with van der Waals surface area (Å²) in [6.07, 6.45) is -1.05. The van der Waals surface area contributed by atoms with Crippen LogP contribution in [0.2, 0.25) is 0 Å². The summed E-state index contributed by atoms with van der Waals surface area (Å²) in [5.74, 6) is -0.536. The fourth-order valence-electron chi connectivity index (χ4n) is 1.92. The highest BCUT2D eigenvalue weighted by molar-refractivity contribution is 7.91. The van der Waals surface area contributed by atoms with E-state index < -0.39 is 26.9 Å². The lowest BCUT2D eigenvalue weighted by Crippen LogP contribution is -2.32. The Morgan fingerprint density at radius 3 is 2.56 bits per heavy atom. The third kappa shape index (κ3) is 2.59. The van der Waals surface area contributed by atoms with Crippen molar-refractivity contribution in [1.29, 1.82) is 0 Å². The normalized spacial score (nSPS) is 25.8. The van der Waals surface area contributed by atoms with Crippen molar-refractivity contribution in [3.05, 3.63) is 34.4 Å². The number of benzene rings is 1. The van der Waals surface area contributed by atoms with E-state index in [-0.39, 0.29) is 22.9 Å². The molecule has 1 fully saturated rings. The average Bonchev–Trinajstić information content (AvgIpc) is 2.52. The van der Waals surface area contributed by atoms with E-state index in [4.69, 9.17) is 0 Å². The Morgan fingerprint density at radius 1 is 1.33 bits per heavy atom. The van der Waals surface area contributed by atoms with Gasteiger partial charge in [0, 0.05) is 6.07 Å². The van der Waals surface area contributed by atoms with Gasteiger partial charge in [-0.1, -0.05) is 12.1 Å². The summed E-state index contributed by atoms with van der Waals surface area (Å²) < 4.78 is 22.7. The van der Waals surface area contributed by atoms with Crippen molar-refractivity contribution in [3.8, 4) is 0 Å². The van der Waals surface area contributed by atoms with Gasteiger partial charge in [-0.15, -0.1) is 0 Å². The first-order chi connectivity index (χ1) is 8.39. The van der Waals surface area contributed by atoms with E-state index in [0.29, 0.717) is 0 Å². The zero-order valence-electron chi connectivity index (χ0n) is 9.31. The molecule has 2 unspecified atom stereocenters. The maximum atomic E-state index is 11.3. The van der Waals surface area contributed by atoms with Gasteiger partial charge in [0.25, 0.3) is 5.69 Å². The molecule has 2 atom stereocenters. The van der Waals surface area contributed by atoms with Crippen molar-refractivity contribution in [2.75, 3.05) is 16.8 Å². The number of nitrogens with zero attached hydrogens (tertiary/aromatic N) is 1. The smallest absolute Gasteiger partial charge is 0.292 e. The molecule has 0 saturated carbocycles. The zero-order valence-corrected chi connectivity index (χ0v) is 10.1. The molecule has 0 aromatic heterocycles. The molecular weight excluding hydrogens is 260 g/mol. The molecule has 1 aliphatic rings. The number of nitro groups is 1. The lowest BCUT2D eigenvalue weighted by molar-refractivity contribution is -0.384. The van der Waals surface area contributed by atoms with Gasteiger partial charge in [-0.25, -0.2) is 8.42 Å². The number of rotatable bonds is 3. The van der Waals surface area contributed by atoms with Crippen molar-refractivity contribution < 1.29 is 18.4 Å². The quantitative estimate of drug-likeness (QED) is 0.599. The minimum Gasteiger partial charge on any atom is -0.390 e. The van der Waals surface area contributed by atoms with Gasteiger partial charge >= 0.3 is 0 Å². The Hall–Kier alpha value is -1.67. The van der Waals surface area contributed by atoms with Crippen molar-refractivity contribution in [2.45, 2.75) is 12.1 Å². The number of nitro benzene ring substituents is 1. The van der Waals surface area contributed by atoms with Crippen LogP contribution in [-0.2, 0) is 9.84 Å². The fraction of sp³-hybridized carbons (Fsp3) is 0.400. The van der Waals surface area contributed by atoms with Gasteiger partial charge in [0.1, 0.15) is 5.69 Å². The average molecular weight is 272 g/mol. The maximum absolute atomic E-state index is 11.3. The van der Waals surface area contributed by atoms with Gasteiger partial charge in [-0.2, -0.15) is 0 Å². The monoisotopic (exact) mass is 272 g/mol. The SMILES string of the molecule is O=[N+]([O-])c1ccccc1NC1CS(=O)(=O)CC1O. The molecule has 1 saturated heterocycles. The second-order valence-electron chi connectivity index (χ2n) is 4.17. The predicted molar refractivity (Wildman–Crippen MR) is 65.2 cm³/mol. The first-order valence-corrected chi connectivity index (χ1v) is 7.09. The topological polar surface area (TPSA) is 110 Å². The number of hydrogen-bond donors (Lipinski definition) is 2. The summed E-state index contributed by atoms with van der Waals surface area (Å²) >= 11 is 0. The third-order valence-electron chi connectivity index (χ3n) is 2.76. The van der Waals surface area contributed by atoms with Gasteiger partial charge in [0.15, 0.2) is 9.84 Å². The second-order valence-corrected chi connectivity index (χ2v) is 6.32. The van der Waals surface area contributed by atoms with E-state index in [1.807, 2.05) is 0 Å². The molecule has 1 aliphatic heterocycles. The molecular formula is C10H12N2O5S. The molecule has 8 heteroatoms. The van der Waals surface area contributed by atoms with Crippen molar-refractivity contribution >= 4 is 21.2 Å². The van der Waals surface area contributed by atoms with E-state index in [1.165, 1.54) is 18.2 Å². The van der Waals surface area contributed by atoms with Gasteiger partial charge in [-0.3, -0.25) is 10.1 Å². The number of sulfone groups is 1. The van der Waals surface area contributed by atoms with Gasteiger partial charge in [0.05, 0.1) is 28.6 Å². The van der Waals surface area contributed by atoms with Crippen molar-refractivity contribution in [1.82, 2.24) is 0 Å². The summed E-state index contributed by atoms with van der Waals surface area (Å²) in [6.45, 7) is 0. The number of hydrogen-bond acceptors (Lipinski definition) is 6. The molecule has 0 spiro atoms.